The lowest BCUT2D eigenvalue weighted by atomic mass is 10.2. The molecule has 0 saturated carbocycles. The molecule has 2 rings (SSSR count). The Kier molecular flexibility index (Phi) is 5.92. The molecule has 0 aliphatic carbocycles. The molecule has 0 bridgehead atoms. The van der Waals surface area contributed by atoms with Crippen LogP contribution in [0.5, 0.6) is 0 Å². The van der Waals surface area contributed by atoms with Gasteiger partial charge in [0, 0.05) is 31.5 Å². The van der Waals surface area contributed by atoms with Crippen molar-refractivity contribution in [2.45, 2.75) is 45.6 Å². The van der Waals surface area contributed by atoms with Crippen molar-refractivity contribution >= 4 is 11.8 Å². The Morgan fingerprint density at radius 3 is 2.45 bits per heavy atom. The molecule has 5 nitrogen and oxygen atoms in total. The van der Waals surface area contributed by atoms with E-state index in [0.717, 1.165) is 25.9 Å². The Morgan fingerprint density at radius 2 is 1.91 bits per heavy atom. The number of carbonyl (C=O) groups excluding carboxylic acids is 2. The van der Waals surface area contributed by atoms with Gasteiger partial charge in [-0.2, -0.15) is 0 Å². The van der Waals surface area contributed by atoms with Gasteiger partial charge in [-0.25, -0.2) is 0 Å². The van der Waals surface area contributed by atoms with Crippen LogP contribution in [0.1, 0.15) is 49.9 Å². The highest BCUT2D eigenvalue weighted by molar-refractivity contribution is 5.96. The fourth-order valence-corrected chi connectivity index (χ4v) is 2.71. The lowest BCUT2D eigenvalue weighted by Gasteiger charge is -2.29. The summed E-state index contributed by atoms with van der Waals surface area (Å²) in [5.41, 5.74) is 0.528. The molecule has 1 aromatic heterocycles. The van der Waals surface area contributed by atoms with Crippen LogP contribution in [0.2, 0.25) is 0 Å². The highest BCUT2D eigenvalue weighted by atomic mass is 16.2. The Balaban J connectivity index is 2.05. The number of rotatable bonds is 4. The van der Waals surface area contributed by atoms with Crippen LogP contribution in [0.15, 0.2) is 24.5 Å². The number of hydrogen-bond donors (Lipinski definition) is 0. The van der Waals surface area contributed by atoms with Crippen molar-refractivity contribution in [1.29, 1.82) is 0 Å². The zero-order chi connectivity index (χ0) is 15.9. The predicted molar refractivity (Wildman–Crippen MR) is 85.5 cm³/mol. The van der Waals surface area contributed by atoms with E-state index in [1.54, 1.807) is 29.4 Å². The van der Waals surface area contributed by atoms with Crippen LogP contribution in [0.3, 0.4) is 0 Å². The van der Waals surface area contributed by atoms with E-state index in [0.29, 0.717) is 5.56 Å². The van der Waals surface area contributed by atoms with Crippen molar-refractivity contribution in [3.8, 4) is 0 Å². The topological polar surface area (TPSA) is 53.5 Å². The van der Waals surface area contributed by atoms with Gasteiger partial charge >= 0.3 is 0 Å². The van der Waals surface area contributed by atoms with E-state index in [1.165, 1.54) is 12.8 Å². The van der Waals surface area contributed by atoms with Gasteiger partial charge in [0.2, 0.25) is 5.91 Å². The number of amides is 2. The molecule has 1 aliphatic rings. The number of hydrogen-bond acceptors (Lipinski definition) is 3. The van der Waals surface area contributed by atoms with Crippen LogP contribution in [-0.2, 0) is 4.79 Å². The summed E-state index contributed by atoms with van der Waals surface area (Å²) in [7, 11) is 0. The first-order chi connectivity index (χ1) is 10.6. The molecule has 22 heavy (non-hydrogen) atoms. The molecule has 1 fully saturated rings. The molecule has 0 aromatic carbocycles. The molecule has 1 saturated heterocycles. The SMILES string of the molecule is CC(C)N(CC(=O)N1CCCCCC1)C(=O)c1cccnc1. The summed E-state index contributed by atoms with van der Waals surface area (Å²) in [6.07, 6.45) is 7.68. The van der Waals surface area contributed by atoms with Crippen LogP contribution in [0.25, 0.3) is 0 Å². The summed E-state index contributed by atoms with van der Waals surface area (Å²) in [6, 6.07) is 3.45. The molecule has 1 aliphatic heterocycles. The zero-order valence-corrected chi connectivity index (χ0v) is 13.5. The van der Waals surface area contributed by atoms with Gasteiger partial charge < -0.3 is 9.80 Å². The number of carbonyl (C=O) groups is 2. The molecule has 0 spiro atoms. The summed E-state index contributed by atoms with van der Waals surface area (Å²) >= 11 is 0. The third-order valence-corrected chi connectivity index (χ3v) is 4.06. The van der Waals surface area contributed by atoms with Gasteiger partial charge in [0.25, 0.3) is 5.91 Å². The van der Waals surface area contributed by atoms with Crippen LogP contribution in [0, 0.1) is 0 Å². The fraction of sp³-hybridized carbons (Fsp3) is 0.588. The van der Waals surface area contributed by atoms with Crippen LogP contribution in [-0.4, -0.2) is 52.3 Å². The van der Waals surface area contributed by atoms with E-state index in [1.807, 2.05) is 18.7 Å². The van der Waals surface area contributed by atoms with E-state index < -0.39 is 0 Å². The smallest absolute Gasteiger partial charge is 0.256 e. The predicted octanol–water partition coefficient (Wildman–Crippen LogP) is 2.33. The van der Waals surface area contributed by atoms with Crippen LogP contribution in [0.4, 0.5) is 0 Å². The number of aromatic nitrogens is 1. The molecule has 5 heteroatoms. The van der Waals surface area contributed by atoms with Gasteiger partial charge in [-0.3, -0.25) is 14.6 Å². The lowest BCUT2D eigenvalue weighted by molar-refractivity contribution is -0.132. The fourth-order valence-electron chi connectivity index (χ4n) is 2.71. The average molecular weight is 303 g/mol. The molecule has 0 N–H and O–H groups in total. The third-order valence-electron chi connectivity index (χ3n) is 4.06. The van der Waals surface area contributed by atoms with Gasteiger partial charge in [0.15, 0.2) is 0 Å². The monoisotopic (exact) mass is 303 g/mol. The summed E-state index contributed by atoms with van der Waals surface area (Å²) in [4.78, 5) is 32.6. The van der Waals surface area contributed by atoms with E-state index in [-0.39, 0.29) is 24.4 Å². The van der Waals surface area contributed by atoms with Crippen molar-refractivity contribution < 1.29 is 9.59 Å². The van der Waals surface area contributed by atoms with E-state index in [9.17, 15) is 9.59 Å². The van der Waals surface area contributed by atoms with Gasteiger partial charge in [0.05, 0.1) is 5.56 Å². The summed E-state index contributed by atoms with van der Waals surface area (Å²) in [5.74, 6) is -0.0842. The second kappa shape index (κ2) is 7.92. The van der Waals surface area contributed by atoms with Gasteiger partial charge in [-0.1, -0.05) is 12.8 Å². The van der Waals surface area contributed by atoms with Crippen molar-refractivity contribution in [2.75, 3.05) is 19.6 Å². The van der Waals surface area contributed by atoms with E-state index in [2.05, 4.69) is 4.98 Å². The molecular formula is C17H25N3O2. The first kappa shape index (κ1) is 16.5. The van der Waals surface area contributed by atoms with Gasteiger partial charge in [0.1, 0.15) is 6.54 Å². The minimum Gasteiger partial charge on any atom is -0.341 e. The highest BCUT2D eigenvalue weighted by Crippen LogP contribution is 2.12. The lowest BCUT2D eigenvalue weighted by Crippen LogP contribution is -2.46. The zero-order valence-electron chi connectivity index (χ0n) is 13.5. The number of pyridine rings is 1. The molecular weight excluding hydrogens is 278 g/mol. The Labute approximate surface area is 132 Å². The Morgan fingerprint density at radius 1 is 1.23 bits per heavy atom. The maximum Gasteiger partial charge on any atom is 0.256 e. The average Bonchev–Trinajstić information content (AvgIpc) is 2.81. The van der Waals surface area contributed by atoms with Crippen molar-refractivity contribution in [1.82, 2.24) is 14.8 Å². The van der Waals surface area contributed by atoms with Crippen molar-refractivity contribution in [2.24, 2.45) is 0 Å². The minimum atomic E-state index is -0.133. The molecule has 2 heterocycles. The van der Waals surface area contributed by atoms with E-state index in [4.69, 9.17) is 0 Å². The first-order valence-corrected chi connectivity index (χ1v) is 8.08. The second-order valence-electron chi connectivity index (χ2n) is 6.06. The normalized spacial score (nSPS) is 15.5. The van der Waals surface area contributed by atoms with Crippen LogP contribution >= 0.6 is 0 Å². The summed E-state index contributed by atoms with van der Waals surface area (Å²) in [6.45, 7) is 5.64. The standard InChI is InChI=1S/C17H25N3O2/c1-14(2)20(17(22)15-8-7-9-18-12-15)13-16(21)19-10-5-3-4-6-11-19/h7-9,12,14H,3-6,10-11,13H2,1-2H3. The number of nitrogens with zero attached hydrogens (tertiary/aromatic N) is 3. The van der Waals surface area contributed by atoms with Crippen molar-refractivity contribution in [3.63, 3.8) is 0 Å². The van der Waals surface area contributed by atoms with Crippen molar-refractivity contribution in [3.05, 3.63) is 30.1 Å². The third kappa shape index (κ3) is 4.29. The molecule has 0 atom stereocenters. The molecule has 2 amide bonds. The Hall–Kier alpha value is -1.91. The number of likely N-dealkylation sites (tertiary alicyclic amines) is 1. The summed E-state index contributed by atoms with van der Waals surface area (Å²) < 4.78 is 0. The maximum atomic E-state index is 12.6. The van der Waals surface area contributed by atoms with E-state index >= 15 is 0 Å². The van der Waals surface area contributed by atoms with Crippen LogP contribution < -0.4 is 0 Å². The molecule has 1 aromatic rings. The minimum absolute atomic E-state index is 0.0244. The Bertz CT molecular complexity index is 494. The molecule has 120 valence electrons. The van der Waals surface area contributed by atoms with Gasteiger partial charge in [-0.15, -0.1) is 0 Å². The molecule has 0 radical (unpaired) electrons. The van der Waals surface area contributed by atoms with Gasteiger partial charge in [-0.05, 0) is 38.8 Å². The highest BCUT2D eigenvalue weighted by Gasteiger charge is 2.24. The largest absolute Gasteiger partial charge is 0.341 e. The first-order valence-electron chi connectivity index (χ1n) is 8.08. The summed E-state index contributed by atoms with van der Waals surface area (Å²) in [5, 5.41) is 0. The second-order valence-corrected chi connectivity index (χ2v) is 6.06. The quantitative estimate of drug-likeness (QED) is 0.858. The maximum absolute atomic E-state index is 12.6. The molecule has 0 unspecified atom stereocenters.